The van der Waals surface area contributed by atoms with Crippen LogP contribution >= 0.6 is 0 Å². The highest BCUT2D eigenvalue weighted by Gasteiger charge is 2.21. The first-order valence-corrected chi connectivity index (χ1v) is 10.6. The first-order valence-electron chi connectivity index (χ1n) is 10.6. The molecule has 2 aromatic carbocycles. The van der Waals surface area contributed by atoms with Gasteiger partial charge in [-0.15, -0.1) is 0 Å². The van der Waals surface area contributed by atoms with E-state index in [0.717, 1.165) is 43.9 Å². The highest BCUT2D eigenvalue weighted by molar-refractivity contribution is 5.77. The van der Waals surface area contributed by atoms with Crippen molar-refractivity contribution in [1.29, 1.82) is 0 Å². The Morgan fingerprint density at radius 1 is 1.03 bits per heavy atom. The summed E-state index contributed by atoms with van der Waals surface area (Å²) in [6.07, 6.45) is 6.91. The molecule has 0 radical (unpaired) electrons. The monoisotopic (exact) mass is 419 g/mol. The lowest BCUT2D eigenvalue weighted by molar-refractivity contribution is -0.132. The SMILES string of the molecule is O=C(CCc1cnoc1-c1ccc(F)cc1)N1CCN(C/C=C/c2ccccc2)CC1. The zero-order valence-corrected chi connectivity index (χ0v) is 17.4. The molecular formula is C25H26FN3O2. The van der Waals surface area contributed by atoms with Gasteiger partial charge in [-0.2, -0.15) is 0 Å². The Balaban J connectivity index is 1.23. The van der Waals surface area contributed by atoms with Gasteiger partial charge in [0.2, 0.25) is 5.91 Å². The molecule has 0 saturated carbocycles. The minimum atomic E-state index is -0.297. The predicted molar refractivity (Wildman–Crippen MR) is 119 cm³/mol. The van der Waals surface area contributed by atoms with Crippen LogP contribution in [0, 0.1) is 5.82 Å². The van der Waals surface area contributed by atoms with Gasteiger partial charge in [0.15, 0.2) is 5.76 Å². The number of amides is 1. The van der Waals surface area contributed by atoms with Gasteiger partial charge in [0.1, 0.15) is 5.82 Å². The van der Waals surface area contributed by atoms with Crippen molar-refractivity contribution >= 4 is 12.0 Å². The molecule has 0 aliphatic carbocycles. The van der Waals surface area contributed by atoms with Crippen LogP contribution in [0.2, 0.25) is 0 Å². The van der Waals surface area contributed by atoms with Crippen LogP contribution in [0.5, 0.6) is 0 Å². The summed E-state index contributed by atoms with van der Waals surface area (Å²) < 4.78 is 18.5. The topological polar surface area (TPSA) is 49.6 Å². The van der Waals surface area contributed by atoms with E-state index in [1.807, 2.05) is 23.1 Å². The number of hydrogen-bond acceptors (Lipinski definition) is 4. The highest BCUT2D eigenvalue weighted by Crippen LogP contribution is 2.25. The molecule has 0 atom stereocenters. The van der Waals surface area contributed by atoms with Crippen LogP contribution in [0.25, 0.3) is 17.4 Å². The number of aromatic nitrogens is 1. The van der Waals surface area contributed by atoms with Crippen LogP contribution < -0.4 is 0 Å². The Morgan fingerprint density at radius 3 is 2.52 bits per heavy atom. The van der Waals surface area contributed by atoms with E-state index < -0.39 is 0 Å². The van der Waals surface area contributed by atoms with Gasteiger partial charge in [-0.1, -0.05) is 47.6 Å². The van der Waals surface area contributed by atoms with Gasteiger partial charge in [-0.05, 0) is 36.2 Å². The van der Waals surface area contributed by atoms with Crippen molar-refractivity contribution in [2.24, 2.45) is 0 Å². The van der Waals surface area contributed by atoms with Crippen molar-refractivity contribution in [2.75, 3.05) is 32.7 Å². The first kappa shape index (κ1) is 21.0. The van der Waals surface area contributed by atoms with Crippen molar-refractivity contribution in [3.05, 3.63) is 83.8 Å². The van der Waals surface area contributed by atoms with Gasteiger partial charge in [-0.3, -0.25) is 9.69 Å². The fourth-order valence-electron chi connectivity index (χ4n) is 3.76. The smallest absolute Gasteiger partial charge is 0.222 e. The predicted octanol–water partition coefficient (Wildman–Crippen LogP) is 4.27. The molecule has 4 rings (SSSR count). The molecule has 160 valence electrons. The summed E-state index contributed by atoms with van der Waals surface area (Å²) in [4.78, 5) is 17.0. The van der Waals surface area contributed by atoms with E-state index in [-0.39, 0.29) is 11.7 Å². The zero-order chi connectivity index (χ0) is 21.5. The van der Waals surface area contributed by atoms with Crippen LogP contribution in [-0.4, -0.2) is 53.6 Å². The standard InChI is InChI=1S/C25H26FN3O2/c26-23-11-8-21(9-12-23)25-22(19-27-31-25)10-13-24(30)29-17-15-28(16-18-29)14-4-7-20-5-2-1-3-6-20/h1-9,11-12,19H,10,13-18H2/b7-4+. The number of piperazine rings is 1. The molecular weight excluding hydrogens is 393 g/mol. The van der Waals surface area contributed by atoms with E-state index in [9.17, 15) is 9.18 Å². The van der Waals surface area contributed by atoms with Crippen molar-refractivity contribution < 1.29 is 13.7 Å². The largest absolute Gasteiger partial charge is 0.356 e. The molecule has 0 unspecified atom stereocenters. The van der Waals surface area contributed by atoms with Gasteiger partial charge in [0.25, 0.3) is 0 Å². The molecule has 31 heavy (non-hydrogen) atoms. The van der Waals surface area contributed by atoms with E-state index >= 15 is 0 Å². The van der Waals surface area contributed by atoms with Gasteiger partial charge in [0, 0.05) is 50.3 Å². The van der Waals surface area contributed by atoms with Gasteiger partial charge < -0.3 is 9.42 Å². The number of rotatable bonds is 7. The van der Waals surface area contributed by atoms with Crippen molar-refractivity contribution in [3.63, 3.8) is 0 Å². The number of benzene rings is 2. The zero-order valence-electron chi connectivity index (χ0n) is 17.4. The van der Waals surface area contributed by atoms with Crippen LogP contribution in [0.15, 0.2) is 71.4 Å². The van der Waals surface area contributed by atoms with Gasteiger partial charge >= 0.3 is 0 Å². The summed E-state index contributed by atoms with van der Waals surface area (Å²) in [6, 6.07) is 16.4. The molecule has 1 saturated heterocycles. The number of carbonyl (C=O) groups excluding carboxylic acids is 1. The lowest BCUT2D eigenvalue weighted by atomic mass is 10.0. The maximum atomic E-state index is 13.2. The number of nitrogens with zero attached hydrogens (tertiary/aromatic N) is 3. The average molecular weight is 420 g/mol. The molecule has 0 N–H and O–H groups in total. The fourth-order valence-corrected chi connectivity index (χ4v) is 3.76. The third kappa shape index (κ3) is 5.67. The van der Waals surface area contributed by atoms with E-state index in [2.05, 4.69) is 34.3 Å². The molecule has 1 amide bonds. The second-order valence-corrected chi connectivity index (χ2v) is 7.68. The summed E-state index contributed by atoms with van der Waals surface area (Å²) >= 11 is 0. The van der Waals surface area contributed by atoms with Gasteiger partial charge in [-0.25, -0.2) is 4.39 Å². The van der Waals surface area contributed by atoms with E-state index in [1.54, 1.807) is 18.3 Å². The number of aryl methyl sites for hydroxylation is 1. The summed E-state index contributed by atoms with van der Waals surface area (Å²) in [5.41, 5.74) is 2.83. The Kier molecular flexibility index (Phi) is 6.89. The van der Waals surface area contributed by atoms with Crippen LogP contribution in [0.3, 0.4) is 0 Å². The first-order chi connectivity index (χ1) is 15.2. The minimum Gasteiger partial charge on any atom is -0.356 e. The van der Waals surface area contributed by atoms with Gasteiger partial charge in [0.05, 0.1) is 6.20 Å². The molecule has 2 heterocycles. The summed E-state index contributed by atoms with van der Waals surface area (Å²) in [5, 5.41) is 3.86. The lowest BCUT2D eigenvalue weighted by Crippen LogP contribution is -2.48. The fraction of sp³-hybridized carbons (Fsp3) is 0.280. The van der Waals surface area contributed by atoms with Crippen molar-refractivity contribution in [1.82, 2.24) is 15.0 Å². The maximum absolute atomic E-state index is 13.2. The molecule has 1 fully saturated rings. The Labute approximate surface area is 181 Å². The van der Waals surface area contributed by atoms with Crippen LogP contribution in [-0.2, 0) is 11.2 Å². The van der Waals surface area contributed by atoms with Crippen molar-refractivity contribution in [2.45, 2.75) is 12.8 Å². The van der Waals surface area contributed by atoms with E-state index in [4.69, 9.17) is 4.52 Å². The molecule has 1 aliphatic heterocycles. The molecule has 0 spiro atoms. The second-order valence-electron chi connectivity index (χ2n) is 7.68. The average Bonchev–Trinajstić information content (AvgIpc) is 3.28. The Bertz CT molecular complexity index is 1010. The maximum Gasteiger partial charge on any atom is 0.222 e. The second kappa shape index (κ2) is 10.2. The molecule has 1 aromatic heterocycles. The van der Waals surface area contributed by atoms with E-state index in [0.29, 0.717) is 18.6 Å². The lowest BCUT2D eigenvalue weighted by Gasteiger charge is -2.34. The summed E-state index contributed by atoms with van der Waals surface area (Å²) in [5.74, 6) is 0.447. The molecule has 1 aliphatic rings. The third-order valence-corrected chi connectivity index (χ3v) is 5.56. The normalized spacial score (nSPS) is 14.9. The van der Waals surface area contributed by atoms with Crippen LogP contribution in [0.4, 0.5) is 4.39 Å². The molecule has 5 nitrogen and oxygen atoms in total. The molecule has 3 aromatic rings. The summed E-state index contributed by atoms with van der Waals surface area (Å²) in [6.45, 7) is 4.12. The number of hydrogen-bond donors (Lipinski definition) is 0. The Morgan fingerprint density at radius 2 is 1.77 bits per heavy atom. The summed E-state index contributed by atoms with van der Waals surface area (Å²) in [7, 11) is 0. The third-order valence-electron chi connectivity index (χ3n) is 5.56. The minimum absolute atomic E-state index is 0.144. The number of halogens is 1. The highest BCUT2D eigenvalue weighted by atomic mass is 19.1. The quantitative estimate of drug-likeness (QED) is 0.574. The van der Waals surface area contributed by atoms with Crippen molar-refractivity contribution in [3.8, 4) is 11.3 Å². The molecule has 0 bridgehead atoms. The Hall–Kier alpha value is -3.25. The van der Waals surface area contributed by atoms with E-state index in [1.165, 1.54) is 17.7 Å². The number of carbonyl (C=O) groups is 1. The molecule has 6 heteroatoms. The van der Waals surface area contributed by atoms with Crippen LogP contribution in [0.1, 0.15) is 17.5 Å².